The van der Waals surface area contributed by atoms with Crippen molar-refractivity contribution in [2.45, 2.75) is 0 Å². The summed E-state index contributed by atoms with van der Waals surface area (Å²) in [5, 5.41) is 0. The van der Waals surface area contributed by atoms with E-state index < -0.39 is 0 Å². The van der Waals surface area contributed by atoms with Crippen molar-refractivity contribution in [2.75, 3.05) is 6.61 Å². The zero-order valence-corrected chi connectivity index (χ0v) is 6.41. The van der Waals surface area contributed by atoms with Gasteiger partial charge in [0.15, 0.2) is 0 Å². The lowest BCUT2D eigenvalue weighted by atomic mass is 10.1. The molecule has 0 unspecified atom stereocenters. The summed E-state index contributed by atoms with van der Waals surface area (Å²) in [7, 11) is 0. The Morgan fingerprint density at radius 2 is 2.33 bits per heavy atom. The van der Waals surface area contributed by atoms with Crippen molar-refractivity contribution in [3.05, 3.63) is 35.4 Å². The van der Waals surface area contributed by atoms with E-state index in [4.69, 9.17) is 4.74 Å². The summed E-state index contributed by atoms with van der Waals surface area (Å²) in [6.07, 6.45) is 5.70. The second kappa shape index (κ2) is 2.81. The van der Waals surface area contributed by atoms with Crippen LogP contribution in [0.1, 0.15) is 11.1 Å². The Hall–Kier alpha value is -1.57. The van der Waals surface area contributed by atoms with Crippen LogP contribution in [0.3, 0.4) is 0 Å². The Morgan fingerprint density at radius 3 is 3.17 bits per heavy atom. The average molecular weight is 159 g/mol. The highest BCUT2D eigenvalue weighted by Crippen LogP contribution is 2.23. The smallest absolute Gasteiger partial charge is 0.233 e. The van der Waals surface area contributed by atoms with E-state index >= 15 is 0 Å². The van der Waals surface area contributed by atoms with Crippen molar-refractivity contribution >= 4 is 12.4 Å². The number of fused-ring (bicyclic) bond motifs is 1. The average Bonchev–Trinajstić information content (AvgIpc) is 2.17. The summed E-state index contributed by atoms with van der Waals surface area (Å²) >= 11 is 0. The number of rotatable bonds is 1. The third-order valence-electron chi connectivity index (χ3n) is 1.76. The Kier molecular flexibility index (Phi) is 1.67. The van der Waals surface area contributed by atoms with Crippen molar-refractivity contribution in [1.29, 1.82) is 0 Å². The van der Waals surface area contributed by atoms with Gasteiger partial charge in [0.25, 0.3) is 0 Å². The molecule has 0 N–H and O–H groups in total. The SMILES string of the molecule is O=[C]c1ccc2c(c1)C=CCO2. The molecule has 0 aliphatic carbocycles. The van der Waals surface area contributed by atoms with Crippen molar-refractivity contribution < 1.29 is 9.53 Å². The first-order valence-electron chi connectivity index (χ1n) is 3.72. The van der Waals surface area contributed by atoms with E-state index in [0.29, 0.717) is 12.2 Å². The van der Waals surface area contributed by atoms with Crippen molar-refractivity contribution in [3.63, 3.8) is 0 Å². The molecule has 2 nitrogen and oxygen atoms in total. The highest BCUT2D eigenvalue weighted by molar-refractivity contribution is 5.78. The third-order valence-corrected chi connectivity index (χ3v) is 1.76. The molecule has 1 heterocycles. The lowest BCUT2D eigenvalue weighted by Gasteiger charge is -2.11. The van der Waals surface area contributed by atoms with Gasteiger partial charge in [-0.25, -0.2) is 0 Å². The molecule has 0 spiro atoms. The lowest BCUT2D eigenvalue weighted by Crippen LogP contribution is -2.00. The van der Waals surface area contributed by atoms with E-state index in [1.807, 2.05) is 18.4 Å². The topological polar surface area (TPSA) is 26.3 Å². The molecule has 2 heteroatoms. The second-order valence-corrected chi connectivity index (χ2v) is 2.57. The molecule has 2 rings (SSSR count). The van der Waals surface area contributed by atoms with Gasteiger partial charge in [-0.05, 0) is 24.3 Å². The maximum absolute atomic E-state index is 10.3. The predicted octanol–water partition coefficient (Wildman–Crippen LogP) is 1.55. The summed E-state index contributed by atoms with van der Waals surface area (Å²) in [5.41, 5.74) is 1.51. The van der Waals surface area contributed by atoms with Gasteiger partial charge in [-0.1, -0.05) is 6.08 Å². The van der Waals surface area contributed by atoms with E-state index in [9.17, 15) is 4.79 Å². The summed E-state index contributed by atoms with van der Waals surface area (Å²) in [4.78, 5) is 10.3. The van der Waals surface area contributed by atoms with Gasteiger partial charge in [-0.2, -0.15) is 0 Å². The Balaban J connectivity index is 2.51. The van der Waals surface area contributed by atoms with Crippen LogP contribution in [0.15, 0.2) is 24.3 Å². The van der Waals surface area contributed by atoms with Crippen LogP contribution >= 0.6 is 0 Å². The molecule has 1 aromatic rings. The highest BCUT2D eigenvalue weighted by atomic mass is 16.5. The number of hydrogen-bond donors (Lipinski definition) is 0. The van der Waals surface area contributed by atoms with Crippen molar-refractivity contribution in [3.8, 4) is 5.75 Å². The van der Waals surface area contributed by atoms with E-state index in [0.717, 1.165) is 11.3 Å². The first-order chi connectivity index (χ1) is 5.90. The quantitative estimate of drug-likeness (QED) is 0.621. The molecule has 0 saturated heterocycles. The lowest BCUT2D eigenvalue weighted by molar-refractivity contribution is 0.358. The largest absolute Gasteiger partial charge is 0.489 e. The molecule has 0 aromatic heterocycles. The van der Waals surface area contributed by atoms with E-state index in [1.54, 1.807) is 18.2 Å². The molecular formula is C10H7O2. The van der Waals surface area contributed by atoms with Crippen LogP contribution in [0.5, 0.6) is 5.75 Å². The molecule has 0 amide bonds. The van der Waals surface area contributed by atoms with Gasteiger partial charge in [0.1, 0.15) is 12.4 Å². The van der Waals surface area contributed by atoms with Gasteiger partial charge in [0, 0.05) is 11.1 Å². The zero-order chi connectivity index (χ0) is 8.39. The molecular weight excluding hydrogens is 152 g/mol. The minimum absolute atomic E-state index is 0.559. The Morgan fingerprint density at radius 1 is 1.42 bits per heavy atom. The van der Waals surface area contributed by atoms with Crippen LogP contribution in [0, 0.1) is 0 Å². The van der Waals surface area contributed by atoms with Crippen molar-refractivity contribution in [1.82, 2.24) is 0 Å². The fraction of sp³-hybridized carbons (Fsp3) is 0.100. The number of benzene rings is 1. The normalized spacial score (nSPS) is 13.3. The maximum Gasteiger partial charge on any atom is 0.233 e. The highest BCUT2D eigenvalue weighted by Gasteiger charge is 2.05. The minimum Gasteiger partial charge on any atom is -0.489 e. The van der Waals surface area contributed by atoms with E-state index in [-0.39, 0.29) is 0 Å². The predicted molar refractivity (Wildman–Crippen MR) is 45.8 cm³/mol. The van der Waals surface area contributed by atoms with Gasteiger partial charge >= 0.3 is 0 Å². The molecule has 12 heavy (non-hydrogen) atoms. The van der Waals surface area contributed by atoms with Gasteiger partial charge in [-0.3, -0.25) is 4.79 Å². The number of hydrogen-bond acceptors (Lipinski definition) is 2. The van der Waals surface area contributed by atoms with Crippen LogP contribution in [0.4, 0.5) is 0 Å². The molecule has 59 valence electrons. The summed E-state index contributed by atoms with van der Waals surface area (Å²) in [6, 6.07) is 5.25. The van der Waals surface area contributed by atoms with Crippen molar-refractivity contribution in [2.24, 2.45) is 0 Å². The van der Waals surface area contributed by atoms with Crippen LogP contribution in [0.25, 0.3) is 6.08 Å². The molecule has 0 atom stereocenters. The molecule has 0 bridgehead atoms. The van der Waals surface area contributed by atoms with Gasteiger partial charge in [0.2, 0.25) is 6.29 Å². The standard InChI is InChI=1S/C10H7O2/c11-7-8-3-4-10-9(6-8)2-1-5-12-10/h1-4,6H,5H2. The number of carbonyl (C=O) groups excluding carboxylic acids is 1. The fourth-order valence-corrected chi connectivity index (χ4v) is 1.19. The van der Waals surface area contributed by atoms with Gasteiger partial charge in [-0.15, -0.1) is 0 Å². The van der Waals surface area contributed by atoms with Gasteiger partial charge in [0.05, 0.1) is 0 Å². The first-order valence-corrected chi connectivity index (χ1v) is 3.72. The maximum atomic E-state index is 10.3. The van der Waals surface area contributed by atoms with Crippen LogP contribution in [0.2, 0.25) is 0 Å². The number of ether oxygens (including phenoxy) is 1. The first kappa shape index (κ1) is 7.10. The summed E-state index contributed by atoms with van der Waals surface area (Å²) < 4.78 is 5.31. The summed E-state index contributed by atoms with van der Waals surface area (Å²) in [6.45, 7) is 0.608. The molecule has 0 saturated carbocycles. The van der Waals surface area contributed by atoms with Crippen LogP contribution < -0.4 is 4.74 Å². The molecule has 1 aliphatic rings. The van der Waals surface area contributed by atoms with Gasteiger partial charge < -0.3 is 4.74 Å². The minimum atomic E-state index is 0.559. The second-order valence-electron chi connectivity index (χ2n) is 2.57. The van der Waals surface area contributed by atoms with Crippen LogP contribution in [-0.2, 0) is 4.79 Å². The van der Waals surface area contributed by atoms with E-state index in [1.165, 1.54) is 0 Å². The fourth-order valence-electron chi connectivity index (χ4n) is 1.19. The Bertz CT molecular complexity index is 340. The third kappa shape index (κ3) is 1.11. The van der Waals surface area contributed by atoms with E-state index in [2.05, 4.69) is 0 Å². The monoisotopic (exact) mass is 159 g/mol. The molecule has 1 aromatic carbocycles. The zero-order valence-electron chi connectivity index (χ0n) is 6.41. The Labute approximate surface area is 70.5 Å². The van der Waals surface area contributed by atoms with Crippen LogP contribution in [-0.4, -0.2) is 12.9 Å². The molecule has 1 radical (unpaired) electrons. The molecule has 1 aliphatic heterocycles. The molecule has 0 fully saturated rings. The summed E-state index contributed by atoms with van der Waals surface area (Å²) in [5.74, 6) is 0.830.